The van der Waals surface area contributed by atoms with E-state index in [1.807, 2.05) is 0 Å². The average molecular weight is 257 g/mol. The predicted molar refractivity (Wildman–Crippen MR) is 63.5 cm³/mol. The normalized spacial score (nSPS) is 11.9. The number of benzene rings is 1. The summed E-state index contributed by atoms with van der Waals surface area (Å²) >= 11 is 3.81. The van der Waals surface area contributed by atoms with Crippen LogP contribution in [-0.2, 0) is 16.0 Å². The van der Waals surface area contributed by atoms with Crippen LogP contribution in [-0.4, -0.2) is 28.8 Å². The van der Waals surface area contributed by atoms with Gasteiger partial charge in [-0.3, -0.25) is 4.79 Å². The SMILES string of the molecule is O=C(Cc1ccccc1F)NC(CS)C(=O)O. The van der Waals surface area contributed by atoms with E-state index < -0.39 is 23.7 Å². The van der Waals surface area contributed by atoms with Crippen molar-refractivity contribution in [1.29, 1.82) is 0 Å². The van der Waals surface area contributed by atoms with E-state index in [1.54, 1.807) is 6.07 Å². The van der Waals surface area contributed by atoms with Crippen LogP contribution in [0.3, 0.4) is 0 Å². The van der Waals surface area contributed by atoms with E-state index in [0.29, 0.717) is 0 Å². The van der Waals surface area contributed by atoms with Crippen molar-refractivity contribution < 1.29 is 19.1 Å². The van der Waals surface area contributed by atoms with Gasteiger partial charge in [-0.1, -0.05) is 18.2 Å². The van der Waals surface area contributed by atoms with E-state index >= 15 is 0 Å². The van der Waals surface area contributed by atoms with Gasteiger partial charge >= 0.3 is 5.97 Å². The van der Waals surface area contributed by atoms with Gasteiger partial charge in [0.15, 0.2) is 0 Å². The Morgan fingerprint density at radius 3 is 2.59 bits per heavy atom. The number of aliphatic carboxylic acids is 1. The van der Waals surface area contributed by atoms with Crippen LogP contribution in [0.4, 0.5) is 4.39 Å². The first-order chi connectivity index (χ1) is 8.04. The number of carboxylic acid groups (broad SMARTS) is 1. The number of carbonyl (C=O) groups excluding carboxylic acids is 1. The molecule has 0 saturated carbocycles. The fourth-order valence-corrected chi connectivity index (χ4v) is 1.49. The fourth-order valence-electron chi connectivity index (χ4n) is 1.25. The molecular formula is C11H12FNO3S. The van der Waals surface area contributed by atoms with Gasteiger partial charge in [-0.15, -0.1) is 0 Å². The molecule has 0 fully saturated rings. The summed E-state index contributed by atoms with van der Waals surface area (Å²) in [6.45, 7) is 0. The summed E-state index contributed by atoms with van der Waals surface area (Å²) in [7, 11) is 0. The summed E-state index contributed by atoms with van der Waals surface area (Å²) in [5.74, 6) is -2.21. The Morgan fingerprint density at radius 1 is 1.41 bits per heavy atom. The Morgan fingerprint density at radius 2 is 2.06 bits per heavy atom. The summed E-state index contributed by atoms with van der Waals surface area (Å²) in [6.07, 6.45) is -0.190. The smallest absolute Gasteiger partial charge is 0.327 e. The van der Waals surface area contributed by atoms with E-state index in [0.717, 1.165) is 0 Å². The molecule has 1 rings (SSSR count). The quantitative estimate of drug-likeness (QED) is 0.686. The highest BCUT2D eigenvalue weighted by atomic mass is 32.1. The number of carboxylic acids is 1. The van der Waals surface area contributed by atoms with Crippen LogP contribution >= 0.6 is 12.6 Å². The zero-order valence-electron chi connectivity index (χ0n) is 8.89. The van der Waals surface area contributed by atoms with Crippen LogP contribution in [0, 0.1) is 5.82 Å². The summed E-state index contributed by atoms with van der Waals surface area (Å²) < 4.78 is 13.2. The van der Waals surface area contributed by atoms with E-state index in [-0.39, 0.29) is 17.7 Å². The molecule has 17 heavy (non-hydrogen) atoms. The van der Waals surface area contributed by atoms with Gasteiger partial charge < -0.3 is 10.4 Å². The van der Waals surface area contributed by atoms with Crippen LogP contribution in [0.5, 0.6) is 0 Å². The predicted octanol–water partition coefficient (Wildman–Crippen LogP) is 0.867. The number of nitrogens with one attached hydrogen (secondary N) is 1. The zero-order chi connectivity index (χ0) is 12.8. The summed E-state index contributed by atoms with van der Waals surface area (Å²) in [5.41, 5.74) is 0.230. The molecule has 0 radical (unpaired) electrons. The molecule has 1 aromatic rings. The van der Waals surface area contributed by atoms with E-state index in [4.69, 9.17) is 5.11 Å². The number of halogens is 1. The van der Waals surface area contributed by atoms with Gasteiger partial charge in [0, 0.05) is 5.75 Å². The molecule has 2 N–H and O–H groups in total. The number of carbonyl (C=O) groups is 2. The highest BCUT2D eigenvalue weighted by Gasteiger charge is 2.18. The van der Waals surface area contributed by atoms with Gasteiger partial charge in [-0.25, -0.2) is 9.18 Å². The van der Waals surface area contributed by atoms with E-state index in [9.17, 15) is 14.0 Å². The molecule has 0 heterocycles. The molecule has 1 atom stereocenters. The van der Waals surface area contributed by atoms with Crippen molar-refractivity contribution in [2.75, 3.05) is 5.75 Å². The molecular weight excluding hydrogens is 245 g/mol. The number of rotatable bonds is 5. The summed E-state index contributed by atoms with van der Waals surface area (Å²) in [6, 6.07) is 4.79. The zero-order valence-corrected chi connectivity index (χ0v) is 9.78. The number of thiol groups is 1. The Labute approximate surface area is 103 Å². The third-order valence-electron chi connectivity index (χ3n) is 2.12. The molecule has 4 nitrogen and oxygen atoms in total. The third-order valence-corrected chi connectivity index (χ3v) is 2.49. The minimum absolute atomic E-state index is 0.0155. The van der Waals surface area contributed by atoms with Gasteiger partial charge in [-0.05, 0) is 11.6 Å². The van der Waals surface area contributed by atoms with Crippen molar-refractivity contribution in [3.8, 4) is 0 Å². The Balaban J connectivity index is 2.61. The van der Waals surface area contributed by atoms with Crippen LogP contribution in [0.2, 0.25) is 0 Å². The molecule has 0 aliphatic rings. The van der Waals surface area contributed by atoms with Gasteiger partial charge in [0.1, 0.15) is 11.9 Å². The summed E-state index contributed by atoms with van der Waals surface area (Å²) in [5, 5.41) is 11.0. The molecule has 0 aromatic heterocycles. The molecule has 0 bridgehead atoms. The van der Waals surface area contributed by atoms with Gasteiger partial charge in [0.2, 0.25) is 5.91 Å². The Bertz CT molecular complexity index is 425. The molecule has 1 amide bonds. The first kappa shape index (κ1) is 13.5. The maximum absolute atomic E-state index is 13.2. The molecule has 1 aromatic carbocycles. The molecule has 0 saturated heterocycles. The van der Waals surface area contributed by atoms with Crippen molar-refractivity contribution in [3.05, 3.63) is 35.6 Å². The Kier molecular flexibility index (Phi) is 4.96. The third kappa shape index (κ3) is 4.07. The first-order valence-corrected chi connectivity index (χ1v) is 5.54. The van der Waals surface area contributed by atoms with Crippen LogP contribution in [0.25, 0.3) is 0 Å². The molecule has 0 aliphatic heterocycles. The highest BCUT2D eigenvalue weighted by molar-refractivity contribution is 7.80. The fraction of sp³-hybridized carbons (Fsp3) is 0.273. The van der Waals surface area contributed by atoms with Gasteiger partial charge in [0.25, 0.3) is 0 Å². The van der Waals surface area contributed by atoms with Crippen molar-refractivity contribution in [1.82, 2.24) is 5.32 Å². The lowest BCUT2D eigenvalue weighted by Gasteiger charge is -2.11. The van der Waals surface area contributed by atoms with E-state index in [1.165, 1.54) is 18.2 Å². The second-order valence-corrected chi connectivity index (χ2v) is 3.77. The topological polar surface area (TPSA) is 66.4 Å². The maximum Gasteiger partial charge on any atom is 0.327 e. The van der Waals surface area contributed by atoms with Crippen LogP contribution in [0.15, 0.2) is 24.3 Å². The van der Waals surface area contributed by atoms with Crippen molar-refractivity contribution in [3.63, 3.8) is 0 Å². The first-order valence-electron chi connectivity index (χ1n) is 4.91. The lowest BCUT2D eigenvalue weighted by Crippen LogP contribution is -2.42. The second-order valence-electron chi connectivity index (χ2n) is 3.41. The largest absolute Gasteiger partial charge is 0.480 e. The molecule has 6 heteroatoms. The van der Waals surface area contributed by atoms with Gasteiger partial charge in [0.05, 0.1) is 6.42 Å². The minimum Gasteiger partial charge on any atom is -0.480 e. The van der Waals surface area contributed by atoms with Crippen LogP contribution < -0.4 is 5.32 Å². The molecule has 0 spiro atoms. The number of hydrogen-bond acceptors (Lipinski definition) is 3. The number of amides is 1. The molecule has 1 unspecified atom stereocenters. The molecule has 92 valence electrons. The maximum atomic E-state index is 13.2. The van der Waals surface area contributed by atoms with Gasteiger partial charge in [-0.2, -0.15) is 12.6 Å². The van der Waals surface area contributed by atoms with Crippen molar-refractivity contribution in [2.24, 2.45) is 0 Å². The minimum atomic E-state index is -1.16. The second kappa shape index (κ2) is 6.24. The number of hydrogen-bond donors (Lipinski definition) is 3. The Hall–Kier alpha value is -1.56. The average Bonchev–Trinajstić information content (AvgIpc) is 2.28. The van der Waals surface area contributed by atoms with Crippen molar-refractivity contribution in [2.45, 2.75) is 12.5 Å². The van der Waals surface area contributed by atoms with E-state index in [2.05, 4.69) is 17.9 Å². The summed E-state index contributed by atoms with van der Waals surface area (Å²) in [4.78, 5) is 22.1. The van der Waals surface area contributed by atoms with Crippen LogP contribution in [0.1, 0.15) is 5.56 Å². The molecule has 0 aliphatic carbocycles. The lowest BCUT2D eigenvalue weighted by molar-refractivity contribution is -0.141. The highest BCUT2D eigenvalue weighted by Crippen LogP contribution is 2.07. The standard InChI is InChI=1S/C11H12FNO3S/c12-8-4-2-1-3-7(8)5-10(14)13-9(6-17)11(15)16/h1-4,9,17H,5-6H2,(H,13,14)(H,15,16). The lowest BCUT2D eigenvalue weighted by atomic mass is 10.1. The van der Waals surface area contributed by atoms with Crippen molar-refractivity contribution >= 4 is 24.5 Å². The monoisotopic (exact) mass is 257 g/mol.